The highest BCUT2D eigenvalue weighted by Crippen LogP contribution is 2.18. The molecule has 0 unspecified atom stereocenters. The Morgan fingerprint density at radius 2 is 2.10 bits per heavy atom. The van der Waals surface area contributed by atoms with Crippen LogP contribution < -0.4 is 0 Å². The molecule has 1 aromatic rings. The van der Waals surface area contributed by atoms with E-state index in [1.807, 2.05) is 0 Å². The van der Waals surface area contributed by atoms with Crippen molar-refractivity contribution in [2.75, 3.05) is 20.2 Å². The van der Waals surface area contributed by atoms with E-state index in [1.54, 1.807) is 6.92 Å². The van der Waals surface area contributed by atoms with Gasteiger partial charge in [-0.25, -0.2) is 4.39 Å². The number of esters is 1. The third kappa shape index (κ3) is 3.74. The van der Waals surface area contributed by atoms with E-state index < -0.39 is 33.9 Å². The van der Waals surface area contributed by atoms with Crippen molar-refractivity contribution in [1.82, 2.24) is 4.90 Å². The number of nitrogens with zero attached hydrogens (tertiary/aromatic N) is 2. The Kier molecular flexibility index (Phi) is 5.13. The molecule has 0 aliphatic heterocycles. The van der Waals surface area contributed by atoms with Crippen LogP contribution in [0.2, 0.25) is 0 Å². The number of rotatable bonds is 5. The fourth-order valence-corrected chi connectivity index (χ4v) is 1.47. The summed E-state index contributed by atoms with van der Waals surface area (Å²) in [4.78, 5) is 34.0. The van der Waals surface area contributed by atoms with Crippen LogP contribution in [0.25, 0.3) is 0 Å². The summed E-state index contributed by atoms with van der Waals surface area (Å²) in [5.74, 6) is -2.37. The number of hydrogen-bond acceptors (Lipinski definition) is 5. The molecule has 0 heterocycles. The van der Waals surface area contributed by atoms with Gasteiger partial charge in [-0.2, -0.15) is 0 Å². The Balaban J connectivity index is 2.93. The fourth-order valence-electron chi connectivity index (χ4n) is 1.47. The number of benzene rings is 1. The molecule has 0 radical (unpaired) electrons. The predicted octanol–water partition coefficient (Wildman–Crippen LogP) is 1.37. The average Bonchev–Trinajstić information content (AvgIpc) is 2.38. The van der Waals surface area contributed by atoms with Crippen molar-refractivity contribution in [3.63, 3.8) is 0 Å². The molecule has 8 heteroatoms. The lowest BCUT2D eigenvalue weighted by Crippen LogP contribution is -2.33. The maximum absolute atomic E-state index is 13.5. The Morgan fingerprint density at radius 1 is 1.45 bits per heavy atom. The molecule has 1 aromatic carbocycles. The van der Waals surface area contributed by atoms with E-state index in [1.165, 1.54) is 7.05 Å². The summed E-state index contributed by atoms with van der Waals surface area (Å²) in [6.07, 6.45) is 0. The van der Waals surface area contributed by atoms with E-state index in [-0.39, 0.29) is 13.2 Å². The van der Waals surface area contributed by atoms with Gasteiger partial charge in [-0.05, 0) is 13.0 Å². The van der Waals surface area contributed by atoms with Gasteiger partial charge < -0.3 is 9.64 Å². The monoisotopic (exact) mass is 284 g/mol. The van der Waals surface area contributed by atoms with E-state index in [9.17, 15) is 24.1 Å². The van der Waals surface area contributed by atoms with Crippen LogP contribution in [-0.4, -0.2) is 41.9 Å². The van der Waals surface area contributed by atoms with Gasteiger partial charge in [-0.15, -0.1) is 0 Å². The lowest BCUT2D eigenvalue weighted by atomic mass is 10.1. The first-order chi connectivity index (χ1) is 9.36. The molecule has 0 N–H and O–H groups in total. The molecular weight excluding hydrogens is 271 g/mol. The van der Waals surface area contributed by atoms with Crippen molar-refractivity contribution in [2.24, 2.45) is 0 Å². The van der Waals surface area contributed by atoms with Crippen LogP contribution in [0, 0.1) is 15.9 Å². The van der Waals surface area contributed by atoms with Crippen molar-refractivity contribution < 1.29 is 23.6 Å². The standard InChI is InChI=1S/C12H13FN2O5/c1-3-20-11(16)7-14(2)12(17)9-6-8(15(18)19)4-5-10(9)13/h4-6H,3,7H2,1-2H3. The van der Waals surface area contributed by atoms with Crippen molar-refractivity contribution in [2.45, 2.75) is 6.92 Å². The summed E-state index contributed by atoms with van der Waals surface area (Å²) in [6.45, 7) is 1.40. The van der Waals surface area contributed by atoms with E-state index in [2.05, 4.69) is 4.74 Å². The van der Waals surface area contributed by atoms with Crippen LogP contribution in [0.15, 0.2) is 18.2 Å². The number of hydrogen-bond donors (Lipinski definition) is 0. The molecule has 20 heavy (non-hydrogen) atoms. The molecule has 0 saturated heterocycles. The number of nitro groups is 1. The highest BCUT2D eigenvalue weighted by Gasteiger charge is 2.21. The molecule has 0 aliphatic carbocycles. The van der Waals surface area contributed by atoms with Crippen LogP contribution in [0.5, 0.6) is 0 Å². The Labute approximate surface area is 114 Å². The number of amides is 1. The highest BCUT2D eigenvalue weighted by molar-refractivity contribution is 5.96. The molecule has 0 bridgehead atoms. The topological polar surface area (TPSA) is 89.8 Å². The zero-order valence-electron chi connectivity index (χ0n) is 11.0. The fraction of sp³-hybridized carbons (Fsp3) is 0.333. The summed E-state index contributed by atoms with van der Waals surface area (Å²) in [6, 6.07) is 2.63. The van der Waals surface area contributed by atoms with Crippen LogP contribution in [0.1, 0.15) is 17.3 Å². The molecule has 0 aliphatic rings. The molecular formula is C12H13FN2O5. The van der Waals surface area contributed by atoms with Gasteiger partial charge in [0.2, 0.25) is 0 Å². The maximum atomic E-state index is 13.5. The van der Waals surface area contributed by atoms with Crippen molar-refractivity contribution >= 4 is 17.6 Å². The van der Waals surface area contributed by atoms with Crippen LogP contribution in [0.3, 0.4) is 0 Å². The molecule has 0 aromatic heterocycles. The van der Waals surface area contributed by atoms with Gasteiger partial charge in [0.15, 0.2) is 0 Å². The van der Waals surface area contributed by atoms with Crippen LogP contribution in [-0.2, 0) is 9.53 Å². The minimum Gasteiger partial charge on any atom is -0.465 e. The molecule has 1 amide bonds. The minimum atomic E-state index is -0.892. The zero-order chi connectivity index (χ0) is 15.3. The van der Waals surface area contributed by atoms with Crippen LogP contribution in [0.4, 0.5) is 10.1 Å². The van der Waals surface area contributed by atoms with Crippen LogP contribution >= 0.6 is 0 Å². The van der Waals surface area contributed by atoms with Gasteiger partial charge in [-0.3, -0.25) is 19.7 Å². The minimum absolute atomic E-state index is 0.159. The second-order valence-corrected chi connectivity index (χ2v) is 3.89. The summed E-state index contributed by atoms with van der Waals surface area (Å²) in [5, 5.41) is 10.6. The highest BCUT2D eigenvalue weighted by atomic mass is 19.1. The summed E-state index contributed by atoms with van der Waals surface area (Å²) in [5.41, 5.74) is -0.870. The number of nitro benzene ring substituents is 1. The maximum Gasteiger partial charge on any atom is 0.325 e. The number of likely N-dealkylation sites (N-methyl/N-ethyl adjacent to an activating group) is 1. The molecule has 0 fully saturated rings. The van der Waals surface area contributed by atoms with Crippen molar-refractivity contribution in [1.29, 1.82) is 0 Å². The van der Waals surface area contributed by atoms with Gasteiger partial charge in [0.1, 0.15) is 12.4 Å². The second-order valence-electron chi connectivity index (χ2n) is 3.89. The van der Waals surface area contributed by atoms with E-state index in [0.717, 1.165) is 23.1 Å². The average molecular weight is 284 g/mol. The first-order valence-electron chi connectivity index (χ1n) is 5.71. The molecule has 1 rings (SSSR count). The second kappa shape index (κ2) is 6.60. The Bertz CT molecular complexity index is 547. The largest absolute Gasteiger partial charge is 0.465 e. The number of carbonyl (C=O) groups is 2. The van der Waals surface area contributed by atoms with E-state index in [0.29, 0.717) is 0 Å². The van der Waals surface area contributed by atoms with Gasteiger partial charge in [0.25, 0.3) is 11.6 Å². The number of halogens is 1. The lowest BCUT2D eigenvalue weighted by Gasteiger charge is -2.16. The summed E-state index contributed by atoms with van der Waals surface area (Å²) < 4.78 is 18.2. The Hall–Kier alpha value is -2.51. The number of carbonyl (C=O) groups excluding carboxylic acids is 2. The van der Waals surface area contributed by atoms with E-state index >= 15 is 0 Å². The quantitative estimate of drug-likeness (QED) is 0.462. The van der Waals surface area contributed by atoms with Gasteiger partial charge in [-0.1, -0.05) is 0 Å². The van der Waals surface area contributed by atoms with E-state index in [4.69, 9.17) is 0 Å². The molecule has 0 spiro atoms. The molecule has 7 nitrogen and oxygen atoms in total. The smallest absolute Gasteiger partial charge is 0.325 e. The number of non-ortho nitro benzene ring substituents is 1. The number of ether oxygens (including phenoxy) is 1. The lowest BCUT2D eigenvalue weighted by molar-refractivity contribution is -0.384. The zero-order valence-corrected chi connectivity index (χ0v) is 11.0. The first kappa shape index (κ1) is 15.5. The molecule has 108 valence electrons. The van der Waals surface area contributed by atoms with Crippen molar-refractivity contribution in [3.8, 4) is 0 Å². The summed E-state index contributed by atoms with van der Waals surface area (Å²) in [7, 11) is 1.28. The Morgan fingerprint density at radius 3 is 2.65 bits per heavy atom. The first-order valence-corrected chi connectivity index (χ1v) is 5.71. The van der Waals surface area contributed by atoms with Gasteiger partial charge in [0, 0.05) is 19.2 Å². The SMILES string of the molecule is CCOC(=O)CN(C)C(=O)c1cc([N+](=O)[O-])ccc1F. The molecule has 0 atom stereocenters. The van der Waals surface area contributed by atoms with Gasteiger partial charge >= 0.3 is 5.97 Å². The third-order valence-corrected chi connectivity index (χ3v) is 2.41. The van der Waals surface area contributed by atoms with Crippen molar-refractivity contribution in [3.05, 3.63) is 39.7 Å². The summed E-state index contributed by atoms with van der Waals surface area (Å²) >= 11 is 0. The normalized spacial score (nSPS) is 9.95. The molecule has 0 saturated carbocycles. The van der Waals surface area contributed by atoms with Gasteiger partial charge in [0.05, 0.1) is 17.1 Å². The third-order valence-electron chi connectivity index (χ3n) is 2.41. The predicted molar refractivity (Wildman–Crippen MR) is 66.6 cm³/mol.